The fourth-order valence-electron chi connectivity index (χ4n) is 9.74. The average molecular weight is 1080 g/mol. The number of hydrogen-bond donors (Lipinski definition) is 1. The summed E-state index contributed by atoms with van der Waals surface area (Å²) in [6.07, 6.45) is 1.00. The molecule has 1 N–H and O–H groups in total. The van der Waals surface area contributed by atoms with E-state index in [1.807, 2.05) is 18.7 Å². The molecule has 5 aliphatic rings. The van der Waals surface area contributed by atoms with Crippen molar-refractivity contribution in [1.29, 1.82) is 0 Å². The molecule has 21 heteroatoms. The number of carboxylic acids is 1. The highest BCUT2D eigenvalue weighted by Crippen LogP contribution is 2.53. The first kappa shape index (κ1) is 52.0. The Balaban J connectivity index is 0.969. The highest BCUT2D eigenvalue weighted by atomic mass is 35.5. The van der Waals surface area contributed by atoms with Crippen molar-refractivity contribution < 1.29 is 51.8 Å². The number of thiophene rings is 1. The van der Waals surface area contributed by atoms with Crippen LogP contribution < -0.4 is 23.8 Å². The van der Waals surface area contributed by atoms with Crippen LogP contribution in [0.1, 0.15) is 35.2 Å². The Morgan fingerprint density at radius 1 is 0.919 bits per heavy atom. The second kappa shape index (κ2) is 22.8. The van der Waals surface area contributed by atoms with E-state index >= 15 is 4.39 Å². The minimum atomic E-state index is -1.50. The van der Waals surface area contributed by atoms with Crippen molar-refractivity contribution >= 4 is 56.7 Å². The van der Waals surface area contributed by atoms with E-state index in [2.05, 4.69) is 31.8 Å². The third kappa shape index (κ3) is 11.6. The van der Waals surface area contributed by atoms with Gasteiger partial charge in [-0.05, 0) is 79.5 Å². The van der Waals surface area contributed by atoms with Crippen LogP contribution in [-0.2, 0) is 32.0 Å². The van der Waals surface area contributed by atoms with Gasteiger partial charge in [0.2, 0.25) is 17.9 Å². The molecule has 5 aliphatic heterocycles. The number of alkyl halides is 1. The molecule has 4 bridgehead atoms. The summed E-state index contributed by atoms with van der Waals surface area (Å²) in [5.74, 6) is -0.119. The number of anilines is 1. The largest absolute Gasteiger partial charge is 0.490 e. The summed E-state index contributed by atoms with van der Waals surface area (Å²) < 4.78 is 73.4. The number of nitrogens with zero attached hydrogens (tertiary/aromatic N) is 7. The summed E-state index contributed by atoms with van der Waals surface area (Å²) in [5, 5.41) is 11.9. The third-order valence-corrected chi connectivity index (χ3v) is 16.0. The van der Waals surface area contributed by atoms with E-state index in [0.717, 1.165) is 26.2 Å². The van der Waals surface area contributed by atoms with Crippen molar-refractivity contribution in [3.8, 4) is 44.7 Å². The standard InChI is InChI=1S/C53H57Cl2F2N7O9S/c1-31-42-32(2)46(55)47(45(31)54)72-38(24-63-18-16-62(3)17-19-63)28-70-37-8-9-40(71-25-36-10-13-58-52(61-36)64-14-11-53(57,12-15-64)29-68-27-39-26-67-20-21-69-39)34(22-37)23-41(51(65)66)73-49-44-43(42)48(74-50(44)60-30-59-49)33-4-6-35(56)7-5-33/h4-10,13,22,30,38-39,41H,11-12,14-21,23-29H2,1-3H3,(H,65,66)/t38?,39-,41+/m0/s1. The Kier molecular flexibility index (Phi) is 16.0. The molecule has 0 saturated carbocycles. The molecular formula is C53H57Cl2F2N7O9S. The first-order valence-electron chi connectivity index (χ1n) is 24.7. The van der Waals surface area contributed by atoms with Crippen molar-refractivity contribution in [2.75, 3.05) is 97.4 Å². The Bertz CT molecular complexity index is 2940. The lowest BCUT2D eigenvalue weighted by molar-refractivity contribution is -0.145. The number of aliphatic carboxylic acids is 1. The molecule has 3 saturated heterocycles. The molecule has 6 aromatic rings. The van der Waals surface area contributed by atoms with E-state index in [1.165, 1.54) is 29.8 Å². The third-order valence-electron chi connectivity index (χ3n) is 13.9. The molecule has 0 spiro atoms. The van der Waals surface area contributed by atoms with Crippen molar-refractivity contribution in [2.24, 2.45) is 0 Å². The molecule has 3 aromatic carbocycles. The van der Waals surface area contributed by atoms with E-state index in [9.17, 15) is 14.3 Å². The van der Waals surface area contributed by atoms with Crippen LogP contribution in [0.15, 0.2) is 61.1 Å². The topological polar surface area (TPSA) is 163 Å². The second-order valence-electron chi connectivity index (χ2n) is 19.2. The number of fused-ring (bicyclic) bond motifs is 7. The van der Waals surface area contributed by atoms with Gasteiger partial charge in [-0.1, -0.05) is 35.3 Å². The van der Waals surface area contributed by atoms with Crippen LogP contribution in [0.25, 0.3) is 31.8 Å². The summed E-state index contributed by atoms with van der Waals surface area (Å²) in [6.45, 7) is 10.2. The van der Waals surface area contributed by atoms with E-state index in [4.69, 9.17) is 61.3 Å². The number of benzene rings is 3. The van der Waals surface area contributed by atoms with Crippen LogP contribution in [0.3, 0.4) is 0 Å². The highest BCUT2D eigenvalue weighted by Gasteiger charge is 2.37. The lowest BCUT2D eigenvalue weighted by atomic mass is 9.92. The van der Waals surface area contributed by atoms with Crippen LogP contribution in [-0.4, -0.2) is 157 Å². The quantitative estimate of drug-likeness (QED) is 0.124. The van der Waals surface area contributed by atoms with Crippen LogP contribution >= 0.6 is 34.5 Å². The average Bonchev–Trinajstić information content (AvgIpc) is 3.79. The van der Waals surface area contributed by atoms with E-state index < -0.39 is 29.7 Å². The van der Waals surface area contributed by atoms with Gasteiger partial charge in [-0.3, -0.25) is 4.90 Å². The number of likely N-dealkylation sites (N-methyl/N-ethyl adjacent to an activating group) is 1. The smallest absolute Gasteiger partial charge is 0.345 e. The Hall–Kier alpha value is -5.51. The van der Waals surface area contributed by atoms with E-state index in [-0.39, 0.29) is 67.7 Å². The molecule has 11 rings (SSSR count). The molecule has 3 aromatic heterocycles. The number of piperidine rings is 1. The van der Waals surface area contributed by atoms with Gasteiger partial charge in [0.05, 0.1) is 54.2 Å². The summed E-state index contributed by atoms with van der Waals surface area (Å²) in [5.41, 5.74) is 2.73. The number of aromatic nitrogens is 4. The fraction of sp³-hybridized carbons (Fsp3) is 0.453. The number of piperazine rings is 1. The van der Waals surface area contributed by atoms with Gasteiger partial charge < -0.3 is 48.1 Å². The summed E-state index contributed by atoms with van der Waals surface area (Å²) in [4.78, 5) is 39.6. The first-order chi connectivity index (χ1) is 35.8. The molecule has 0 radical (unpaired) electrons. The van der Waals surface area contributed by atoms with Gasteiger partial charge in [0.1, 0.15) is 59.6 Å². The number of rotatable bonds is 12. The maximum Gasteiger partial charge on any atom is 0.345 e. The maximum atomic E-state index is 15.9. The summed E-state index contributed by atoms with van der Waals surface area (Å²) >= 11 is 16.0. The minimum Gasteiger partial charge on any atom is -0.490 e. The number of carbonyl (C=O) groups is 1. The Morgan fingerprint density at radius 2 is 1.69 bits per heavy atom. The van der Waals surface area contributed by atoms with Crippen molar-refractivity contribution in [3.05, 3.63) is 99.3 Å². The zero-order chi connectivity index (χ0) is 51.5. The van der Waals surface area contributed by atoms with Crippen LogP contribution in [0, 0.1) is 19.7 Å². The van der Waals surface area contributed by atoms with Crippen molar-refractivity contribution in [3.63, 3.8) is 0 Å². The lowest BCUT2D eigenvalue weighted by Crippen LogP contribution is -2.49. The zero-order valence-corrected chi connectivity index (χ0v) is 43.6. The Morgan fingerprint density at radius 3 is 2.42 bits per heavy atom. The molecule has 0 amide bonds. The van der Waals surface area contributed by atoms with Crippen molar-refractivity contribution in [1.82, 2.24) is 29.7 Å². The van der Waals surface area contributed by atoms with Gasteiger partial charge in [-0.15, -0.1) is 11.3 Å². The van der Waals surface area contributed by atoms with Gasteiger partial charge in [0, 0.05) is 87.3 Å². The SMILES string of the molecule is Cc1c(Cl)c2c(Cl)c(C)c1-c1c(-c3ccc(F)cc3)sc3ncnc(c13)O[C@@H](C(=O)O)Cc1cc(ccc1OCc1ccnc(N3CCC(F)(COC[C@@H]4COCCO4)CC3)n1)OCC(CN1CCN(C)CC1)O2. The van der Waals surface area contributed by atoms with Gasteiger partial charge in [0.15, 0.2) is 5.75 Å². The van der Waals surface area contributed by atoms with E-state index in [0.29, 0.717) is 117 Å². The normalized spacial score (nSPS) is 20.6. The molecule has 74 heavy (non-hydrogen) atoms. The number of ether oxygens (including phenoxy) is 7. The van der Waals surface area contributed by atoms with Crippen LogP contribution in [0.2, 0.25) is 10.0 Å². The molecular weight excluding hydrogens is 1020 g/mol. The van der Waals surface area contributed by atoms with Gasteiger partial charge in [-0.2, -0.15) is 0 Å². The molecule has 1 unspecified atom stereocenters. The molecule has 3 fully saturated rings. The fourth-order valence-corrected chi connectivity index (χ4v) is 11.4. The van der Waals surface area contributed by atoms with Crippen LogP contribution in [0.5, 0.6) is 23.1 Å². The number of hydrogen-bond acceptors (Lipinski definition) is 16. The second-order valence-corrected chi connectivity index (χ2v) is 20.9. The monoisotopic (exact) mass is 1080 g/mol. The van der Waals surface area contributed by atoms with Gasteiger partial charge in [-0.25, -0.2) is 33.5 Å². The first-order valence-corrected chi connectivity index (χ1v) is 26.3. The summed E-state index contributed by atoms with van der Waals surface area (Å²) in [6, 6.07) is 13.0. The maximum absolute atomic E-state index is 15.9. The molecule has 0 aliphatic carbocycles. The lowest BCUT2D eigenvalue weighted by Gasteiger charge is -2.36. The van der Waals surface area contributed by atoms with Crippen LogP contribution in [0.4, 0.5) is 14.7 Å². The zero-order valence-electron chi connectivity index (χ0n) is 41.3. The number of halogens is 4. The van der Waals surface area contributed by atoms with Gasteiger partial charge in [0.25, 0.3) is 0 Å². The molecule has 392 valence electrons. The van der Waals surface area contributed by atoms with Crippen molar-refractivity contribution in [2.45, 2.75) is 63.7 Å². The predicted molar refractivity (Wildman–Crippen MR) is 277 cm³/mol. The molecule has 16 nitrogen and oxygen atoms in total. The highest BCUT2D eigenvalue weighted by molar-refractivity contribution is 7.22. The molecule has 3 atom stereocenters. The predicted octanol–water partition coefficient (Wildman–Crippen LogP) is 8.66. The van der Waals surface area contributed by atoms with E-state index in [1.54, 1.807) is 42.6 Å². The number of carboxylic acid groups (broad SMARTS) is 1. The Labute approximate surface area is 441 Å². The summed E-state index contributed by atoms with van der Waals surface area (Å²) in [7, 11) is 2.10. The molecule has 8 heterocycles. The minimum absolute atomic E-state index is 0.00165. The van der Waals surface area contributed by atoms with Gasteiger partial charge >= 0.3 is 5.97 Å².